The van der Waals surface area contributed by atoms with Crippen LogP contribution in [0.4, 0.5) is 0 Å². The fourth-order valence-corrected chi connectivity index (χ4v) is 1.23. The van der Waals surface area contributed by atoms with Crippen molar-refractivity contribution in [3.8, 4) is 0 Å². The van der Waals surface area contributed by atoms with Gasteiger partial charge in [-0.25, -0.2) is 4.79 Å². The van der Waals surface area contributed by atoms with Crippen LogP contribution >= 0.6 is 11.6 Å². The van der Waals surface area contributed by atoms with Gasteiger partial charge in [-0.1, -0.05) is 17.7 Å². The molecular formula is C8H5ClNO2. The average molecular weight is 183 g/mol. The highest BCUT2D eigenvalue weighted by molar-refractivity contribution is 6.35. The highest BCUT2D eigenvalue weighted by Gasteiger charge is 2.06. The number of H-pyrrole nitrogens is 1. The Bertz CT molecular complexity index is 483. The third kappa shape index (κ3) is 0.940. The molecule has 0 aliphatic carbocycles. The van der Waals surface area contributed by atoms with Crippen molar-refractivity contribution in [1.82, 2.24) is 4.98 Å². The van der Waals surface area contributed by atoms with E-state index in [4.69, 9.17) is 16.0 Å². The van der Waals surface area contributed by atoms with E-state index in [1.165, 1.54) is 0 Å². The van der Waals surface area contributed by atoms with E-state index in [0.717, 1.165) is 0 Å². The van der Waals surface area contributed by atoms with Crippen LogP contribution in [-0.4, -0.2) is 4.98 Å². The van der Waals surface area contributed by atoms with E-state index >= 15 is 0 Å². The van der Waals surface area contributed by atoms with Gasteiger partial charge in [-0.3, -0.25) is 4.98 Å². The third-order valence-corrected chi connectivity index (χ3v) is 2.05. The first-order valence-corrected chi connectivity index (χ1v) is 3.69. The summed E-state index contributed by atoms with van der Waals surface area (Å²) in [7, 11) is 0. The predicted molar refractivity (Wildman–Crippen MR) is 46.3 cm³/mol. The smallest absolute Gasteiger partial charge is 0.408 e. The molecule has 0 unspecified atom stereocenters. The molecule has 0 aliphatic heterocycles. The summed E-state index contributed by atoms with van der Waals surface area (Å²) >= 11 is 5.85. The van der Waals surface area contributed by atoms with Gasteiger partial charge in [0, 0.05) is 0 Å². The lowest BCUT2D eigenvalue weighted by atomic mass is 10.2. The Morgan fingerprint density at radius 3 is 3.00 bits per heavy atom. The molecule has 0 saturated carbocycles. The monoisotopic (exact) mass is 182 g/mol. The molecule has 0 saturated heterocycles. The highest BCUT2D eigenvalue weighted by atomic mass is 35.5. The molecule has 0 amide bonds. The van der Waals surface area contributed by atoms with Crippen molar-refractivity contribution in [3.05, 3.63) is 40.2 Å². The van der Waals surface area contributed by atoms with Gasteiger partial charge >= 0.3 is 5.76 Å². The summed E-state index contributed by atoms with van der Waals surface area (Å²) in [6.07, 6.45) is 0. The van der Waals surface area contributed by atoms with Gasteiger partial charge in [0.15, 0.2) is 5.58 Å². The van der Waals surface area contributed by atoms with E-state index in [2.05, 4.69) is 11.9 Å². The number of rotatable bonds is 0. The number of fused-ring (bicyclic) bond motifs is 1. The van der Waals surface area contributed by atoms with Crippen molar-refractivity contribution in [3.63, 3.8) is 0 Å². The average Bonchev–Trinajstić information content (AvgIpc) is 2.39. The molecule has 0 bridgehead atoms. The van der Waals surface area contributed by atoms with E-state index in [-0.39, 0.29) is 0 Å². The third-order valence-electron chi connectivity index (χ3n) is 1.61. The van der Waals surface area contributed by atoms with Crippen molar-refractivity contribution in [2.24, 2.45) is 0 Å². The molecular weight excluding hydrogens is 178 g/mol. The zero-order valence-corrected chi connectivity index (χ0v) is 6.81. The molecule has 0 aliphatic rings. The number of nitrogens with one attached hydrogen (secondary N) is 1. The predicted octanol–water partition coefficient (Wildman–Crippen LogP) is 1.96. The Hall–Kier alpha value is -1.22. The molecule has 1 N–H and O–H groups in total. The maximum Gasteiger partial charge on any atom is 0.417 e. The molecule has 1 aromatic heterocycles. The second-order valence-corrected chi connectivity index (χ2v) is 2.80. The Labute approximate surface area is 73.0 Å². The zero-order chi connectivity index (χ0) is 8.72. The molecule has 0 fully saturated rings. The molecule has 1 radical (unpaired) electrons. The molecule has 0 atom stereocenters. The number of benzene rings is 1. The van der Waals surface area contributed by atoms with Gasteiger partial charge in [0.1, 0.15) is 5.52 Å². The zero-order valence-electron chi connectivity index (χ0n) is 6.06. The summed E-state index contributed by atoms with van der Waals surface area (Å²) in [5.74, 6) is -0.502. The van der Waals surface area contributed by atoms with Crippen molar-refractivity contribution < 1.29 is 4.42 Å². The van der Waals surface area contributed by atoms with E-state index in [9.17, 15) is 4.79 Å². The van der Waals surface area contributed by atoms with Gasteiger partial charge in [0.25, 0.3) is 0 Å². The van der Waals surface area contributed by atoms with Crippen molar-refractivity contribution in [1.29, 1.82) is 0 Å². The number of hydrogen-bond donors (Lipinski definition) is 1. The summed E-state index contributed by atoms with van der Waals surface area (Å²) in [5.41, 5.74) is 1.63. The fourth-order valence-electron chi connectivity index (χ4n) is 1.03. The van der Waals surface area contributed by atoms with Gasteiger partial charge in [0.2, 0.25) is 0 Å². The molecule has 3 nitrogen and oxygen atoms in total. The van der Waals surface area contributed by atoms with Crippen LogP contribution in [0.1, 0.15) is 5.56 Å². The van der Waals surface area contributed by atoms with Crippen molar-refractivity contribution >= 4 is 22.7 Å². The molecule has 61 valence electrons. The number of aromatic amines is 1. The molecule has 2 aromatic rings. The number of oxazole rings is 1. The Morgan fingerprint density at radius 2 is 2.25 bits per heavy atom. The maximum atomic E-state index is 10.8. The first kappa shape index (κ1) is 7.43. The van der Waals surface area contributed by atoms with Gasteiger partial charge in [-0.2, -0.15) is 0 Å². The lowest BCUT2D eigenvalue weighted by molar-refractivity contribution is 0.555. The fraction of sp³-hybridized carbons (Fsp3) is 0. The highest BCUT2D eigenvalue weighted by Crippen LogP contribution is 2.23. The van der Waals surface area contributed by atoms with Crippen LogP contribution in [0.5, 0.6) is 0 Å². The molecule has 4 heteroatoms. The maximum absolute atomic E-state index is 10.8. The lowest BCUT2D eigenvalue weighted by Crippen LogP contribution is -1.93. The molecule has 12 heavy (non-hydrogen) atoms. The quantitative estimate of drug-likeness (QED) is 0.677. The van der Waals surface area contributed by atoms with Crippen LogP contribution in [0.15, 0.2) is 21.3 Å². The van der Waals surface area contributed by atoms with Crippen LogP contribution < -0.4 is 5.76 Å². The number of hydrogen-bond acceptors (Lipinski definition) is 2. The molecule has 1 heterocycles. The van der Waals surface area contributed by atoms with E-state index < -0.39 is 5.76 Å². The topological polar surface area (TPSA) is 46.0 Å². The van der Waals surface area contributed by atoms with Gasteiger partial charge in [-0.15, -0.1) is 0 Å². The SMILES string of the molecule is [CH2]c1ccc2oc(=O)[nH]c2c1Cl. The van der Waals surface area contributed by atoms with Crippen LogP contribution in [-0.2, 0) is 0 Å². The summed E-state index contributed by atoms with van der Waals surface area (Å²) in [6, 6.07) is 3.35. The van der Waals surface area contributed by atoms with E-state index in [1.54, 1.807) is 12.1 Å². The number of aromatic nitrogens is 1. The Morgan fingerprint density at radius 1 is 1.50 bits per heavy atom. The van der Waals surface area contributed by atoms with Gasteiger partial charge in [0.05, 0.1) is 5.02 Å². The van der Waals surface area contributed by atoms with Crippen LogP contribution in [0.2, 0.25) is 5.02 Å². The first-order valence-electron chi connectivity index (χ1n) is 3.32. The minimum atomic E-state index is -0.502. The minimum absolute atomic E-state index is 0.429. The normalized spacial score (nSPS) is 10.8. The minimum Gasteiger partial charge on any atom is -0.408 e. The molecule has 2 rings (SSSR count). The van der Waals surface area contributed by atoms with E-state index in [1.807, 2.05) is 0 Å². The largest absolute Gasteiger partial charge is 0.417 e. The van der Waals surface area contributed by atoms with Gasteiger partial charge < -0.3 is 4.42 Å². The Kier molecular flexibility index (Phi) is 1.48. The van der Waals surface area contributed by atoms with Crippen LogP contribution in [0.25, 0.3) is 11.1 Å². The van der Waals surface area contributed by atoms with Crippen molar-refractivity contribution in [2.75, 3.05) is 0 Å². The van der Waals surface area contributed by atoms with Crippen molar-refractivity contribution in [2.45, 2.75) is 0 Å². The summed E-state index contributed by atoms with van der Waals surface area (Å²) < 4.78 is 4.78. The van der Waals surface area contributed by atoms with E-state index in [0.29, 0.717) is 21.7 Å². The number of halogens is 1. The first-order chi connectivity index (χ1) is 5.68. The molecule has 0 spiro atoms. The van der Waals surface area contributed by atoms with Crippen LogP contribution in [0, 0.1) is 6.92 Å². The second-order valence-electron chi connectivity index (χ2n) is 2.43. The summed E-state index contributed by atoms with van der Waals surface area (Å²) in [6.45, 7) is 3.68. The Balaban J connectivity index is 2.99. The molecule has 1 aromatic carbocycles. The second kappa shape index (κ2) is 2.38. The summed E-state index contributed by atoms with van der Waals surface area (Å²) in [4.78, 5) is 13.2. The van der Waals surface area contributed by atoms with Crippen LogP contribution in [0.3, 0.4) is 0 Å². The lowest BCUT2D eigenvalue weighted by Gasteiger charge is -1.94. The summed E-state index contributed by atoms with van der Waals surface area (Å²) in [5, 5.41) is 0.429. The standard InChI is InChI=1S/C8H5ClNO2/c1-4-2-3-5-7(6(4)9)10-8(11)12-5/h2-3H,1H2,(H,10,11). The van der Waals surface area contributed by atoms with Gasteiger partial charge in [-0.05, 0) is 18.6 Å².